The van der Waals surface area contributed by atoms with E-state index in [0.717, 1.165) is 36.0 Å². The van der Waals surface area contributed by atoms with E-state index in [1.54, 1.807) is 17.1 Å². The number of nitrogens with one attached hydrogen (secondary N) is 2. The van der Waals surface area contributed by atoms with Crippen LogP contribution in [0.4, 0.5) is 5.69 Å². The Morgan fingerprint density at radius 2 is 2.00 bits per heavy atom. The van der Waals surface area contributed by atoms with Crippen molar-refractivity contribution in [3.05, 3.63) is 54.8 Å². The third-order valence-corrected chi connectivity index (χ3v) is 5.67. The molecular formula is C21H23N5O2. The lowest BCUT2D eigenvalue weighted by molar-refractivity contribution is -0.126. The monoisotopic (exact) mass is 377 g/mol. The largest absolute Gasteiger partial charge is 0.440 e. The number of hydrogen-bond acceptors (Lipinski definition) is 5. The molecule has 1 aliphatic carbocycles. The average molecular weight is 377 g/mol. The van der Waals surface area contributed by atoms with Crippen molar-refractivity contribution in [1.29, 1.82) is 0 Å². The first-order valence-corrected chi connectivity index (χ1v) is 9.83. The van der Waals surface area contributed by atoms with Gasteiger partial charge in [0.25, 0.3) is 5.91 Å². The summed E-state index contributed by atoms with van der Waals surface area (Å²) in [5.41, 5.74) is 1.07. The maximum Gasteiger partial charge on any atom is 0.252 e. The van der Waals surface area contributed by atoms with Gasteiger partial charge >= 0.3 is 0 Å². The number of carbonyl (C=O) groups excluding carboxylic acids is 1. The van der Waals surface area contributed by atoms with Crippen LogP contribution >= 0.6 is 0 Å². The van der Waals surface area contributed by atoms with Crippen molar-refractivity contribution in [3.8, 4) is 11.3 Å². The quantitative estimate of drug-likeness (QED) is 0.714. The van der Waals surface area contributed by atoms with E-state index in [0.29, 0.717) is 18.8 Å². The average Bonchev–Trinajstić information content (AvgIpc) is 3.22. The molecule has 2 N–H and O–H groups in total. The summed E-state index contributed by atoms with van der Waals surface area (Å²) in [6.45, 7) is 1.59. The first-order valence-electron chi connectivity index (χ1n) is 9.83. The van der Waals surface area contributed by atoms with Gasteiger partial charge in [-0.15, -0.1) is 0 Å². The van der Waals surface area contributed by atoms with Crippen LogP contribution < -0.4 is 10.6 Å². The van der Waals surface area contributed by atoms with Gasteiger partial charge in [-0.1, -0.05) is 0 Å². The normalized spacial score (nSPS) is 18.7. The molecule has 0 bridgehead atoms. The minimum absolute atomic E-state index is 0.0267. The number of hydrogen-bond donors (Lipinski definition) is 2. The molecule has 0 spiro atoms. The van der Waals surface area contributed by atoms with E-state index in [1.165, 1.54) is 12.8 Å². The second kappa shape index (κ2) is 6.91. The fourth-order valence-corrected chi connectivity index (χ4v) is 3.83. The standard InChI is InChI=1S/C21H23N5O2/c27-20(21(8-11-22-12-9-21)26-13-1-10-24-26)25-17-6-4-15(5-7-17)18-14-23-19(28-18)16-2-3-16/h1,4-7,10,13-14,16,22H,2-3,8-9,11-12H2,(H,25,27). The number of amides is 1. The van der Waals surface area contributed by atoms with Gasteiger partial charge in [-0.25, -0.2) is 4.98 Å². The van der Waals surface area contributed by atoms with Gasteiger partial charge in [-0.3, -0.25) is 9.48 Å². The lowest BCUT2D eigenvalue weighted by atomic mass is 9.87. The van der Waals surface area contributed by atoms with E-state index in [4.69, 9.17) is 4.42 Å². The van der Waals surface area contributed by atoms with Crippen LogP contribution in [0.5, 0.6) is 0 Å². The van der Waals surface area contributed by atoms with Gasteiger partial charge in [0.1, 0.15) is 5.54 Å². The molecule has 1 aromatic carbocycles. The molecule has 1 amide bonds. The summed E-state index contributed by atoms with van der Waals surface area (Å²) in [6, 6.07) is 9.58. The molecule has 0 atom stereocenters. The molecule has 2 aliphatic rings. The van der Waals surface area contributed by atoms with Crippen molar-refractivity contribution in [2.24, 2.45) is 0 Å². The molecule has 1 saturated heterocycles. The summed E-state index contributed by atoms with van der Waals surface area (Å²) in [4.78, 5) is 17.6. The molecule has 5 rings (SSSR count). The molecule has 0 radical (unpaired) electrons. The summed E-state index contributed by atoms with van der Waals surface area (Å²) in [7, 11) is 0. The number of benzene rings is 1. The Morgan fingerprint density at radius 1 is 1.21 bits per heavy atom. The molecule has 3 heterocycles. The summed E-state index contributed by atoms with van der Waals surface area (Å²) < 4.78 is 7.65. The molecule has 0 unspecified atom stereocenters. The number of anilines is 1. The third-order valence-electron chi connectivity index (χ3n) is 5.67. The van der Waals surface area contributed by atoms with E-state index in [2.05, 4.69) is 20.7 Å². The zero-order valence-corrected chi connectivity index (χ0v) is 15.6. The third kappa shape index (κ3) is 3.11. The fraction of sp³-hybridized carbons (Fsp3) is 0.381. The molecule has 1 aliphatic heterocycles. The van der Waals surface area contributed by atoms with Crippen LogP contribution in [0.2, 0.25) is 0 Å². The van der Waals surface area contributed by atoms with E-state index in [-0.39, 0.29) is 5.91 Å². The maximum absolute atomic E-state index is 13.2. The van der Waals surface area contributed by atoms with Crippen LogP contribution in [0.3, 0.4) is 0 Å². The fourth-order valence-electron chi connectivity index (χ4n) is 3.83. The number of piperidine rings is 1. The zero-order valence-electron chi connectivity index (χ0n) is 15.6. The molecule has 7 nitrogen and oxygen atoms in total. The summed E-state index contributed by atoms with van der Waals surface area (Å²) >= 11 is 0. The SMILES string of the molecule is O=C(Nc1ccc(-c2cnc(C3CC3)o2)cc1)C1(n2cccn2)CCNCC1. The molecule has 7 heteroatoms. The molecule has 2 fully saturated rings. The molecule has 3 aromatic rings. The second-order valence-electron chi connectivity index (χ2n) is 7.60. The Hall–Kier alpha value is -2.93. The second-order valence-corrected chi connectivity index (χ2v) is 7.60. The highest BCUT2D eigenvalue weighted by molar-refractivity contribution is 5.97. The van der Waals surface area contributed by atoms with Crippen molar-refractivity contribution in [2.45, 2.75) is 37.1 Å². The zero-order chi connectivity index (χ0) is 19.0. The van der Waals surface area contributed by atoms with Crippen LogP contribution in [0, 0.1) is 0 Å². The molecule has 28 heavy (non-hydrogen) atoms. The van der Waals surface area contributed by atoms with Crippen molar-refractivity contribution in [1.82, 2.24) is 20.1 Å². The van der Waals surface area contributed by atoms with Gasteiger partial charge in [-0.2, -0.15) is 5.10 Å². The van der Waals surface area contributed by atoms with Gasteiger partial charge in [-0.05, 0) is 69.1 Å². The Labute approximate surface area is 163 Å². The van der Waals surface area contributed by atoms with Crippen molar-refractivity contribution in [2.75, 3.05) is 18.4 Å². The number of carbonyl (C=O) groups is 1. The Morgan fingerprint density at radius 3 is 2.68 bits per heavy atom. The van der Waals surface area contributed by atoms with Crippen molar-refractivity contribution < 1.29 is 9.21 Å². The summed E-state index contributed by atoms with van der Waals surface area (Å²) in [6.07, 6.45) is 9.12. The lowest BCUT2D eigenvalue weighted by Gasteiger charge is -2.36. The van der Waals surface area contributed by atoms with E-state index in [9.17, 15) is 4.79 Å². The maximum atomic E-state index is 13.2. The Kier molecular flexibility index (Phi) is 4.24. The van der Waals surface area contributed by atoms with Crippen LogP contribution in [0.1, 0.15) is 37.5 Å². The predicted octanol–water partition coefficient (Wildman–Crippen LogP) is 3.13. The number of oxazole rings is 1. The molecule has 1 saturated carbocycles. The predicted molar refractivity (Wildman–Crippen MR) is 105 cm³/mol. The van der Waals surface area contributed by atoms with E-state index in [1.807, 2.05) is 36.5 Å². The van der Waals surface area contributed by atoms with E-state index < -0.39 is 5.54 Å². The smallest absolute Gasteiger partial charge is 0.252 e. The highest BCUT2D eigenvalue weighted by atomic mass is 16.4. The van der Waals surface area contributed by atoms with Crippen LogP contribution in [-0.2, 0) is 10.3 Å². The van der Waals surface area contributed by atoms with Gasteiger partial charge in [0, 0.05) is 29.6 Å². The first kappa shape index (κ1) is 17.2. The highest BCUT2D eigenvalue weighted by Crippen LogP contribution is 2.40. The first-order chi connectivity index (χ1) is 13.7. The Bertz CT molecular complexity index is 951. The molecular weight excluding hydrogens is 354 g/mol. The minimum Gasteiger partial charge on any atom is -0.440 e. The number of aromatic nitrogens is 3. The van der Waals surface area contributed by atoms with Crippen molar-refractivity contribution in [3.63, 3.8) is 0 Å². The minimum atomic E-state index is -0.655. The van der Waals surface area contributed by atoms with Gasteiger partial charge in [0.15, 0.2) is 11.7 Å². The lowest BCUT2D eigenvalue weighted by Crippen LogP contribution is -2.52. The van der Waals surface area contributed by atoms with Gasteiger partial charge in [0.05, 0.1) is 6.20 Å². The number of nitrogens with zero attached hydrogens (tertiary/aromatic N) is 3. The summed E-state index contributed by atoms with van der Waals surface area (Å²) in [5.74, 6) is 2.07. The summed E-state index contributed by atoms with van der Waals surface area (Å²) in [5, 5.41) is 10.8. The van der Waals surface area contributed by atoms with Gasteiger partial charge in [0.2, 0.25) is 0 Å². The van der Waals surface area contributed by atoms with Gasteiger partial charge < -0.3 is 15.1 Å². The molecule has 144 valence electrons. The molecule has 2 aromatic heterocycles. The number of rotatable bonds is 5. The highest BCUT2D eigenvalue weighted by Gasteiger charge is 2.42. The topological polar surface area (TPSA) is 85.0 Å². The van der Waals surface area contributed by atoms with Crippen LogP contribution in [-0.4, -0.2) is 33.8 Å². The van der Waals surface area contributed by atoms with Crippen LogP contribution in [0.25, 0.3) is 11.3 Å². The Balaban J connectivity index is 1.34. The van der Waals surface area contributed by atoms with E-state index >= 15 is 0 Å². The van der Waals surface area contributed by atoms with Crippen LogP contribution in [0.15, 0.2) is 53.3 Å². The van der Waals surface area contributed by atoms with Crippen molar-refractivity contribution >= 4 is 11.6 Å².